The van der Waals surface area contributed by atoms with E-state index in [0.717, 1.165) is 22.3 Å². The summed E-state index contributed by atoms with van der Waals surface area (Å²) in [7, 11) is 0. The minimum absolute atomic E-state index is 0.523. The Hall–Kier alpha value is 0.730. The van der Waals surface area contributed by atoms with E-state index in [1.54, 1.807) is 11.8 Å². The van der Waals surface area contributed by atoms with Crippen molar-refractivity contribution in [2.24, 2.45) is 5.92 Å². The Morgan fingerprint density at radius 3 is 2.60 bits per heavy atom. The highest BCUT2D eigenvalue weighted by molar-refractivity contribution is 8.23. The number of halogens is 1. The summed E-state index contributed by atoms with van der Waals surface area (Å²) in [5.74, 6) is 2.34. The third-order valence-electron chi connectivity index (χ3n) is 0.994. The molecule has 0 rings (SSSR count). The molecule has 0 aliphatic rings. The molecule has 0 aliphatic carbocycles. The second-order valence-corrected chi connectivity index (χ2v) is 4.58. The van der Waals surface area contributed by atoms with Gasteiger partial charge in [0.25, 0.3) is 0 Å². The van der Waals surface area contributed by atoms with Crippen LogP contribution in [0, 0.1) is 5.92 Å². The van der Waals surface area contributed by atoms with E-state index in [2.05, 4.69) is 13.8 Å². The van der Waals surface area contributed by atoms with Crippen molar-refractivity contribution >= 4 is 39.8 Å². The van der Waals surface area contributed by atoms with Crippen molar-refractivity contribution in [3.63, 3.8) is 0 Å². The molecule has 0 aliphatic heterocycles. The first-order valence-corrected chi connectivity index (χ1v) is 5.34. The molecule has 10 heavy (non-hydrogen) atoms. The van der Waals surface area contributed by atoms with Gasteiger partial charge in [-0.05, 0) is 18.1 Å². The lowest BCUT2D eigenvalue weighted by Crippen LogP contribution is -1.99. The maximum atomic E-state index is 5.51. The molecule has 0 aromatic carbocycles. The van der Waals surface area contributed by atoms with Crippen LogP contribution in [0.15, 0.2) is 0 Å². The predicted molar refractivity (Wildman–Crippen MR) is 55.2 cm³/mol. The molecule has 0 atom stereocenters. The molecule has 0 saturated heterocycles. The van der Waals surface area contributed by atoms with Gasteiger partial charge < -0.3 is 0 Å². The highest BCUT2D eigenvalue weighted by atomic mass is 35.5. The van der Waals surface area contributed by atoms with Crippen LogP contribution >= 0.6 is 35.6 Å². The van der Waals surface area contributed by atoms with Gasteiger partial charge in [-0.25, -0.2) is 0 Å². The van der Waals surface area contributed by atoms with Gasteiger partial charge >= 0.3 is 0 Å². The summed E-state index contributed by atoms with van der Waals surface area (Å²) in [5, 5.41) is 0. The van der Waals surface area contributed by atoms with E-state index in [0.29, 0.717) is 5.92 Å². The van der Waals surface area contributed by atoms with Gasteiger partial charge in [-0.15, -0.1) is 23.4 Å². The van der Waals surface area contributed by atoms with Crippen LogP contribution in [0.4, 0.5) is 0 Å². The van der Waals surface area contributed by atoms with Gasteiger partial charge in [0.1, 0.15) is 0 Å². The van der Waals surface area contributed by atoms with Crippen molar-refractivity contribution in [2.45, 2.75) is 20.3 Å². The highest BCUT2D eigenvalue weighted by Crippen LogP contribution is 2.13. The third kappa shape index (κ3) is 5.51. The number of rotatable bonds is 4. The van der Waals surface area contributed by atoms with Crippen molar-refractivity contribution in [3.8, 4) is 0 Å². The number of hydrogen-bond donors (Lipinski definition) is 0. The van der Waals surface area contributed by atoms with Crippen LogP contribution in [0.1, 0.15) is 20.3 Å². The number of alkyl halides is 1. The normalized spacial score (nSPS) is 10.4. The zero-order valence-electron chi connectivity index (χ0n) is 6.39. The summed E-state index contributed by atoms with van der Waals surface area (Å²) in [4.78, 5) is 0. The van der Waals surface area contributed by atoms with Gasteiger partial charge in [-0.1, -0.05) is 26.1 Å². The van der Waals surface area contributed by atoms with E-state index in [9.17, 15) is 0 Å². The quantitative estimate of drug-likeness (QED) is 0.385. The van der Waals surface area contributed by atoms with E-state index in [4.69, 9.17) is 23.8 Å². The second-order valence-electron chi connectivity index (χ2n) is 2.36. The van der Waals surface area contributed by atoms with Crippen molar-refractivity contribution in [1.29, 1.82) is 0 Å². The highest BCUT2D eigenvalue weighted by Gasteiger charge is 2.01. The Bertz CT molecular complexity index is 102. The fourth-order valence-corrected chi connectivity index (χ4v) is 1.76. The molecule has 0 N–H and O–H groups in total. The van der Waals surface area contributed by atoms with Crippen LogP contribution in [0.5, 0.6) is 0 Å². The Kier molecular flexibility index (Phi) is 6.91. The number of thiocarbonyl (C=S) groups is 1. The van der Waals surface area contributed by atoms with Crippen molar-refractivity contribution in [3.05, 3.63) is 0 Å². The van der Waals surface area contributed by atoms with Gasteiger partial charge in [0.2, 0.25) is 0 Å². The lowest BCUT2D eigenvalue weighted by Gasteiger charge is -2.04. The Morgan fingerprint density at radius 2 is 2.20 bits per heavy atom. The first-order chi connectivity index (χ1) is 4.68. The zero-order valence-corrected chi connectivity index (χ0v) is 8.78. The van der Waals surface area contributed by atoms with E-state index in [1.165, 1.54) is 0 Å². The van der Waals surface area contributed by atoms with Crippen LogP contribution in [-0.4, -0.2) is 15.8 Å². The Morgan fingerprint density at radius 1 is 1.60 bits per heavy atom. The smallest absolute Gasteiger partial charge is 0.0503 e. The lowest BCUT2D eigenvalue weighted by atomic mass is 10.3. The summed E-state index contributed by atoms with van der Waals surface area (Å²) in [5.41, 5.74) is 0. The van der Waals surface area contributed by atoms with Crippen molar-refractivity contribution < 1.29 is 0 Å². The van der Waals surface area contributed by atoms with Gasteiger partial charge in [0.05, 0.1) is 4.20 Å². The molecule has 0 bridgehead atoms. The molecule has 0 spiro atoms. The first kappa shape index (κ1) is 10.7. The summed E-state index contributed by atoms with van der Waals surface area (Å²) < 4.78 is 1.10. The van der Waals surface area contributed by atoms with Crippen LogP contribution in [0.2, 0.25) is 0 Å². The van der Waals surface area contributed by atoms with E-state index in [-0.39, 0.29) is 0 Å². The molecule has 0 nitrogen and oxygen atoms in total. The topological polar surface area (TPSA) is 0 Å². The first-order valence-electron chi connectivity index (χ1n) is 3.41. The standard InChI is InChI=1S/C7H13ClS2/c1-6(2)7(9)10-5-3-4-8/h6H,3-5H2,1-2H3. The average Bonchev–Trinajstić information content (AvgIpc) is 1.88. The minimum atomic E-state index is 0.523. The van der Waals surface area contributed by atoms with E-state index >= 15 is 0 Å². The third-order valence-corrected chi connectivity index (χ3v) is 3.33. The number of thioether (sulfide) groups is 1. The van der Waals surface area contributed by atoms with E-state index < -0.39 is 0 Å². The molecule has 60 valence electrons. The minimum Gasteiger partial charge on any atom is -0.127 e. The summed E-state index contributed by atoms with van der Waals surface area (Å²) in [6.45, 7) is 4.24. The van der Waals surface area contributed by atoms with Crippen molar-refractivity contribution in [2.75, 3.05) is 11.6 Å². The van der Waals surface area contributed by atoms with E-state index in [1.807, 2.05) is 0 Å². The lowest BCUT2D eigenvalue weighted by molar-refractivity contribution is 0.915. The molecular weight excluding hydrogens is 184 g/mol. The summed E-state index contributed by atoms with van der Waals surface area (Å²) >= 11 is 12.4. The van der Waals surface area contributed by atoms with Gasteiger partial charge in [-0.3, -0.25) is 0 Å². The van der Waals surface area contributed by atoms with Crippen LogP contribution in [0.25, 0.3) is 0 Å². The molecular formula is C7H13ClS2. The molecule has 3 heteroatoms. The second kappa shape index (κ2) is 6.44. The summed E-state index contributed by atoms with van der Waals surface area (Å²) in [6, 6.07) is 0. The Balaban J connectivity index is 3.22. The molecule has 0 aromatic rings. The fourth-order valence-electron chi connectivity index (χ4n) is 0.394. The maximum Gasteiger partial charge on any atom is 0.0503 e. The zero-order chi connectivity index (χ0) is 7.98. The van der Waals surface area contributed by atoms with Gasteiger partial charge in [0, 0.05) is 5.88 Å². The SMILES string of the molecule is CC(C)C(=S)SCCCCl. The molecule has 0 amide bonds. The molecule has 0 aromatic heterocycles. The van der Waals surface area contributed by atoms with Gasteiger partial charge in [0.15, 0.2) is 0 Å². The van der Waals surface area contributed by atoms with Crippen molar-refractivity contribution in [1.82, 2.24) is 0 Å². The fraction of sp³-hybridized carbons (Fsp3) is 0.857. The predicted octanol–water partition coefficient (Wildman–Crippen LogP) is 3.33. The van der Waals surface area contributed by atoms with Crippen LogP contribution < -0.4 is 0 Å². The number of hydrogen-bond acceptors (Lipinski definition) is 2. The van der Waals surface area contributed by atoms with Crippen LogP contribution in [-0.2, 0) is 0 Å². The molecule has 0 heterocycles. The monoisotopic (exact) mass is 196 g/mol. The molecule has 0 radical (unpaired) electrons. The molecule has 0 fully saturated rings. The summed E-state index contributed by atoms with van der Waals surface area (Å²) in [6.07, 6.45) is 1.05. The average molecular weight is 197 g/mol. The van der Waals surface area contributed by atoms with Gasteiger partial charge in [-0.2, -0.15) is 0 Å². The maximum absolute atomic E-state index is 5.51. The largest absolute Gasteiger partial charge is 0.127 e. The molecule has 0 unspecified atom stereocenters. The van der Waals surface area contributed by atoms with Crippen LogP contribution in [0.3, 0.4) is 0 Å². The molecule has 0 saturated carbocycles. The Labute approximate surface area is 77.7 Å².